The molecule has 1 aromatic heterocycles. The molecule has 0 atom stereocenters. The molecule has 2 aliphatic rings. The molecule has 7 nitrogen and oxygen atoms in total. The van der Waals surface area contributed by atoms with Gasteiger partial charge in [-0.25, -0.2) is 4.98 Å². The average Bonchev–Trinajstić information content (AvgIpc) is 3.78. The summed E-state index contributed by atoms with van der Waals surface area (Å²) in [4.78, 5) is 7.89. The van der Waals surface area contributed by atoms with Gasteiger partial charge in [0.1, 0.15) is 5.82 Å². The Labute approximate surface area is 265 Å². The molecule has 0 aliphatic carbocycles. The summed E-state index contributed by atoms with van der Waals surface area (Å²) in [7, 11) is 0. The van der Waals surface area contributed by atoms with E-state index in [1.165, 1.54) is 16.8 Å². The molecule has 3 heterocycles. The van der Waals surface area contributed by atoms with Crippen molar-refractivity contribution in [1.82, 2.24) is 14.5 Å². The van der Waals surface area contributed by atoms with Gasteiger partial charge in [-0.05, 0) is 67.8 Å². The van der Waals surface area contributed by atoms with E-state index in [9.17, 15) is 0 Å². The molecule has 0 saturated carbocycles. The van der Waals surface area contributed by atoms with Crippen molar-refractivity contribution in [3.05, 3.63) is 113 Å². The summed E-state index contributed by atoms with van der Waals surface area (Å²) in [5.41, 5.74) is 9.33. The number of hydrogen-bond acceptors (Lipinski definition) is 6. The van der Waals surface area contributed by atoms with E-state index in [4.69, 9.17) is 23.9 Å². The monoisotopic (exact) mass is 601 g/mol. The SMILES string of the molecule is CCCCn1c(-c2ccccc2)nc(-c2cc(C)cc(C)c2)c1CN(Cc1ccc2c(c1)OCO2)Cc1ccc2c(c1)OCO2. The summed E-state index contributed by atoms with van der Waals surface area (Å²) < 4.78 is 25.1. The summed E-state index contributed by atoms with van der Waals surface area (Å²) in [6, 6.07) is 29.8. The second kappa shape index (κ2) is 12.7. The molecule has 0 bridgehead atoms. The van der Waals surface area contributed by atoms with Crippen molar-refractivity contribution in [2.45, 2.75) is 59.8 Å². The highest BCUT2D eigenvalue weighted by Gasteiger charge is 2.24. The van der Waals surface area contributed by atoms with Gasteiger partial charge in [0.2, 0.25) is 13.6 Å². The molecule has 2 aliphatic heterocycles. The summed E-state index contributed by atoms with van der Waals surface area (Å²) >= 11 is 0. The molecular formula is C38H39N3O4. The van der Waals surface area contributed by atoms with Crippen LogP contribution in [0.15, 0.2) is 84.9 Å². The molecule has 0 N–H and O–H groups in total. The van der Waals surface area contributed by atoms with Gasteiger partial charge in [0, 0.05) is 37.3 Å². The van der Waals surface area contributed by atoms with Gasteiger partial charge in [-0.1, -0.05) is 73.0 Å². The van der Waals surface area contributed by atoms with E-state index in [0.29, 0.717) is 6.54 Å². The molecule has 0 amide bonds. The lowest BCUT2D eigenvalue weighted by Crippen LogP contribution is -2.24. The Balaban J connectivity index is 1.33. The highest BCUT2D eigenvalue weighted by molar-refractivity contribution is 5.69. The van der Waals surface area contributed by atoms with Gasteiger partial charge in [-0.15, -0.1) is 0 Å². The van der Waals surface area contributed by atoms with E-state index in [1.54, 1.807) is 0 Å². The Hall–Kier alpha value is -4.75. The third-order valence-electron chi connectivity index (χ3n) is 8.39. The fourth-order valence-corrected chi connectivity index (χ4v) is 6.33. The van der Waals surface area contributed by atoms with Crippen LogP contribution in [0.5, 0.6) is 23.0 Å². The Morgan fingerprint density at radius 3 is 1.87 bits per heavy atom. The van der Waals surface area contributed by atoms with Crippen LogP contribution in [0.25, 0.3) is 22.6 Å². The van der Waals surface area contributed by atoms with Gasteiger partial charge in [0.25, 0.3) is 0 Å². The number of rotatable bonds is 11. The van der Waals surface area contributed by atoms with Crippen molar-refractivity contribution in [3.63, 3.8) is 0 Å². The first-order valence-electron chi connectivity index (χ1n) is 15.8. The zero-order valence-corrected chi connectivity index (χ0v) is 26.2. The van der Waals surface area contributed by atoms with Gasteiger partial charge in [0.15, 0.2) is 23.0 Å². The number of ether oxygens (including phenoxy) is 4. The van der Waals surface area contributed by atoms with Crippen LogP contribution in [0, 0.1) is 13.8 Å². The fraction of sp³-hybridized carbons (Fsp3) is 0.289. The van der Waals surface area contributed by atoms with Crippen LogP contribution in [0.3, 0.4) is 0 Å². The first-order valence-corrected chi connectivity index (χ1v) is 15.8. The van der Waals surface area contributed by atoms with Gasteiger partial charge in [-0.3, -0.25) is 4.90 Å². The first-order chi connectivity index (χ1) is 22.0. The minimum absolute atomic E-state index is 0.262. The lowest BCUT2D eigenvalue weighted by atomic mass is 10.0. The average molecular weight is 602 g/mol. The highest BCUT2D eigenvalue weighted by atomic mass is 16.7. The Kier molecular flexibility index (Phi) is 8.18. The van der Waals surface area contributed by atoms with Crippen LogP contribution in [-0.2, 0) is 26.2 Å². The van der Waals surface area contributed by atoms with Crippen LogP contribution >= 0.6 is 0 Å². The van der Waals surface area contributed by atoms with Crippen LogP contribution in [0.2, 0.25) is 0 Å². The Morgan fingerprint density at radius 2 is 1.27 bits per heavy atom. The molecule has 4 aromatic carbocycles. The predicted octanol–water partition coefficient (Wildman–Crippen LogP) is 8.29. The largest absolute Gasteiger partial charge is 0.454 e. The van der Waals surface area contributed by atoms with Gasteiger partial charge in [0.05, 0.1) is 11.4 Å². The number of fused-ring (bicyclic) bond motifs is 2. The van der Waals surface area contributed by atoms with E-state index in [0.717, 1.165) is 89.2 Å². The van der Waals surface area contributed by atoms with E-state index in [2.05, 4.69) is 103 Å². The van der Waals surface area contributed by atoms with Gasteiger partial charge < -0.3 is 23.5 Å². The summed E-state index contributed by atoms with van der Waals surface area (Å²) in [5, 5.41) is 0. The number of benzene rings is 4. The normalized spacial score (nSPS) is 13.2. The van der Waals surface area contributed by atoms with Crippen LogP contribution in [0.1, 0.15) is 47.7 Å². The molecule has 0 fully saturated rings. The van der Waals surface area contributed by atoms with Crippen molar-refractivity contribution in [3.8, 4) is 45.6 Å². The number of aryl methyl sites for hydroxylation is 2. The van der Waals surface area contributed by atoms with Gasteiger partial charge >= 0.3 is 0 Å². The molecule has 7 rings (SSSR count). The van der Waals surface area contributed by atoms with E-state index in [-0.39, 0.29) is 13.6 Å². The zero-order chi connectivity index (χ0) is 30.8. The highest BCUT2D eigenvalue weighted by Crippen LogP contribution is 2.36. The predicted molar refractivity (Wildman–Crippen MR) is 176 cm³/mol. The maximum atomic E-state index is 5.74. The minimum atomic E-state index is 0.262. The quantitative estimate of drug-likeness (QED) is 0.152. The molecule has 5 aromatic rings. The number of imidazole rings is 1. The lowest BCUT2D eigenvalue weighted by molar-refractivity contribution is 0.173. The first kappa shape index (κ1) is 29.0. The smallest absolute Gasteiger partial charge is 0.231 e. The summed E-state index contributed by atoms with van der Waals surface area (Å²) in [5.74, 6) is 4.20. The third kappa shape index (κ3) is 6.26. The van der Waals surface area contributed by atoms with Crippen LogP contribution in [-0.4, -0.2) is 28.0 Å². The maximum absolute atomic E-state index is 5.74. The molecule has 45 heavy (non-hydrogen) atoms. The molecule has 0 unspecified atom stereocenters. The second-order valence-electron chi connectivity index (χ2n) is 12.0. The molecular weight excluding hydrogens is 562 g/mol. The van der Waals surface area contributed by atoms with Crippen molar-refractivity contribution in [2.75, 3.05) is 13.6 Å². The molecule has 0 radical (unpaired) electrons. The van der Waals surface area contributed by atoms with E-state index < -0.39 is 0 Å². The fourth-order valence-electron chi connectivity index (χ4n) is 6.33. The number of nitrogens with zero attached hydrogens (tertiary/aromatic N) is 3. The molecule has 0 saturated heterocycles. The van der Waals surface area contributed by atoms with Gasteiger partial charge in [-0.2, -0.15) is 0 Å². The van der Waals surface area contributed by atoms with Crippen LogP contribution in [0.4, 0.5) is 0 Å². The summed E-state index contributed by atoms with van der Waals surface area (Å²) in [6.45, 7) is 10.1. The lowest BCUT2D eigenvalue weighted by Gasteiger charge is -2.25. The number of hydrogen-bond donors (Lipinski definition) is 0. The molecule has 230 valence electrons. The Bertz CT molecular complexity index is 1730. The Morgan fingerprint density at radius 1 is 0.667 bits per heavy atom. The zero-order valence-electron chi connectivity index (χ0n) is 26.2. The molecule has 0 spiro atoms. The van der Waals surface area contributed by atoms with Crippen LogP contribution < -0.4 is 18.9 Å². The number of aromatic nitrogens is 2. The number of unbranched alkanes of at least 4 members (excludes halogenated alkanes) is 1. The van der Waals surface area contributed by atoms with Crippen molar-refractivity contribution < 1.29 is 18.9 Å². The van der Waals surface area contributed by atoms with Crippen molar-refractivity contribution in [2.24, 2.45) is 0 Å². The summed E-state index contributed by atoms with van der Waals surface area (Å²) in [6.07, 6.45) is 2.17. The van der Waals surface area contributed by atoms with E-state index in [1.807, 2.05) is 12.1 Å². The van der Waals surface area contributed by atoms with E-state index >= 15 is 0 Å². The van der Waals surface area contributed by atoms with Crippen molar-refractivity contribution in [1.29, 1.82) is 0 Å². The minimum Gasteiger partial charge on any atom is -0.454 e. The topological polar surface area (TPSA) is 58.0 Å². The standard InChI is InChI=1S/C38H39N3O4/c1-4-5-15-41-32(37(31-17-26(2)16-27(3)18-31)39-38(41)30-9-7-6-8-10-30)23-40(21-28-11-13-33-35(19-28)44-24-42-33)22-29-12-14-34-36(20-29)45-25-43-34/h6-14,16-20H,4-5,15,21-25H2,1-3H3. The third-order valence-corrected chi connectivity index (χ3v) is 8.39. The molecule has 7 heteroatoms. The van der Waals surface area contributed by atoms with Crippen molar-refractivity contribution >= 4 is 0 Å². The second-order valence-corrected chi connectivity index (χ2v) is 12.0. The maximum Gasteiger partial charge on any atom is 0.231 e.